The van der Waals surface area contributed by atoms with Crippen LogP contribution in [0.5, 0.6) is 0 Å². The summed E-state index contributed by atoms with van der Waals surface area (Å²) in [6, 6.07) is 13.7. The average Bonchev–Trinajstić information content (AvgIpc) is 2.95. The summed E-state index contributed by atoms with van der Waals surface area (Å²) in [5.74, 6) is 0. The number of nitrogens with zero attached hydrogens (tertiary/aromatic N) is 1. The summed E-state index contributed by atoms with van der Waals surface area (Å²) in [6.07, 6.45) is 1.95. The number of rotatable bonds is 6. The van der Waals surface area contributed by atoms with Crippen LogP contribution in [0.1, 0.15) is 0 Å². The zero-order valence-corrected chi connectivity index (χ0v) is 14.6. The van der Waals surface area contributed by atoms with Crippen LogP contribution >= 0.6 is 11.6 Å². The zero-order chi connectivity index (χ0) is 17.2. The first-order valence-corrected chi connectivity index (χ1v) is 9.22. The summed E-state index contributed by atoms with van der Waals surface area (Å²) >= 11 is 5.99. The highest BCUT2D eigenvalue weighted by Crippen LogP contribution is 2.25. The van der Waals surface area contributed by atoms with E-state index in [1.165, 1.54) is 6.07 Å². The van der Waals surface area contributed by atoms with Crippen LogP contribution in [0, 0.1) is 0 Å². The minimum atomic E-state index is -3.73. The first-order valence-electron chi connectivity index (χ1n) is 7.36. The largest absolute Gasteiger partial charge is 0.383 e. The van der Waals surface area contributed by atoms with Crippen molar-refractivity contribution in [1.82, 2.24) is 4.57 Å². The fraction of sp³-hybridized carbons (Fsp3) is 0.176. The average molecular weight is 365 g/mol. The Bertz CT molecular complexity index is 967. The predicted molar refractivity (Wildman–Crippen MR) is 96.1 cm³/mol. The summed E-state index contributed by atoms with van der Waals surface area (Å²) in [5.41, 5.74) is 1.51. The van der Waals surface area contributed by atoms with Crippen LogP contribution in [-0.4, -0.2) is 26.7 Å². The molecule has 0 aliphatic heterocycles. The van der Waals surface area contributed by atoms with Crippen LogP contribution in [0.15, 0.2) is 59.6 Å². The molecule has 0 saturated heterocycles. The molecular formula is C17H17ClN2O3S. The van der Waals surface area contributed by atoms with E-state index in [1.807, 2.05) is 18.3 Å². The minimum Gasteiger partial charge on any atom is -0.383 e. The van der Waals surface area contributed by atoms with E-state index < -0.39 is 10.0 Å². The number of hydrogen-bond acceptors (Lipinski definition) is 3. The molecule has 0 spiro atoms. The van der Waals surface area contributed by atoms with Crippen LogP contribution in [0.4, 0.5) is 5.69 Å². The maximum atomic E-state index is 12.5. The smallest absolute Gasteiger partial charge is 0.263 e. The third-order valence-corrected chi connectivity index (χ3v) is 5.57. The number of anilines is 1. The molecule has 0 fully saturated rings. The monoisotopic (exact) mass is 364 g/mol. The zero-order valence-electron chi connectivity index (χ0n) is 13.1. The van der Waals surface area contributed by atoms with Gasteiger partial charge < -0.3 is 9.30 Å². The maximum Gasteiger partial charge on any atom is 0.263 e. The van der Waals surface area contributed by atoms with Crippen molar-refractivity contribution >= 4 is 38.2 Å². The second-order valence-corrected chi connectivity index (χ2v) is 7.37. The molecule has 126 valence electrons. The summed E-state index contributed by atoms with van der Waals surface area (Å²) in [6.45, 7) is 1.36. The first kappa shape index (κ1) is 16.8. The van der Waals surface area contributed by atoms with Gasteiger partial charge in [0.15, 0.2) is 0 Å². The minimum absolute atomic E-state index is 0.0597. The molecule has 7 heteroatoms. The number of benzene rings is 2. The summed E-state index contributed by atoms with van der Waals surface area (Å²) in [7, 11) is -2.07. The Morgan fingerprint density at radius 1 is 1.17 bits per heavy atom. The quantitative estimate of drug-likeness (QED) is 0.724. The molecule has 0 radical (unpaired) electrons. The van der Waals surface area contributed by atoms with Crippen molar-refractivity contribution in [2.75, 3.05) is 18.4 Å². The van der Waals surface area contributed by atoms with Crippen molar-refractivity contribution in [2.45, 2.75) is 11.4 Å². The van der Waals surface area contributed by atoms with Gasteiger partial charge in [-0.15, -0.1) is 0 Å². The molecule has 3 aromatic rings. The molecule has 0 aliphatic carbocycles. The molecule has 1 heterocycles. The lowest BCUT2D eigenvalue weighted by Crippen LogP contribution is -2.13. The van der Waals surface area contributed by atoms with E-state index in [4.69, 9.17) is 16.3 Å². The lowest BCUT2D eigenvalue weighted by atomic mass is 10.2. The van der Waals surface area contributed by atoms with Gasteiger partial charge in [0, 0.05) is 36.4 Å². The van der Waals surface area contributed by atoms with Gasteiger partial charge in [0.1, 0.15) is 4.90 Å². The van der Waals surface area contributed by atoms with Crippen LogP contribution in [-0.2, 0) is 21.3 Å². The maximum absolute atomic E-state index is 12.5. The number of fused-ring (bicyclic) bond motifs is 1. The molecular weight excluding hydrogens is 348 g/mol. The molecule has 0 saturated carbocycles. The van der Waals surface area contributed by atoms with E-state index in [0.717, 1.165) is 17.4 Å². The second-order valence-electron chi connectivity index (χ2n) is 5.31. The van der Waals surface area contributed by atoms with Crippen molar-refractivity contribution in [3.05, 3.63) is 59.8 Å². The Hall–Kier alpha value is -2.02. The fourth-order valence-electron chi connectivity index (χ4n) is 2.52. The van der Waals surface area contributed by atoms with Crippen LogP contribution in [0.3, 0.4) is 0 Å². The third kappa shape index (κ3) is 3.40. The third-order valence-electron chi connectivity index (χ3n) is 3.69. The normalized spacial score (nSPS) is 11.8. The van der Waals surface area contributed by atoms with Crippen LogP contribution in [0.25, 0.3) is 10.9 Å². The second kappa shape index (κ2) is 6.84. The van der Waals surface area contributed by atoms with E-state index in [-0.39, 0.29) is 9.92 Å². The number of halogens is 1. The van der Waals surface area contributed by atoms with Gasteiger partial charge in [-0.2, -0.15) is 0 Å². The standard InChI is InChI=1S/C17H17ClN2O3S/c1-23-11-10-20-9-8-13-12-14(6-7-16(13)20)19-24(21,22)17-5-3-2-4-15(17)18/h2-9,12,19H,10-11H2,1H3. The summed E-state index contributed by atoms with van der Waals surface area (Å²) < 4.78 is 34.7. The Labute approximate surface area is 145 Å². The molecule has 0 unspecified atom stereocenters. The van der Waals surface area contributed by atoms with E-state index in [2.05, 4.69) is 9.29 Å². The van der Waals surface area contributed by atoms with Crippen molar-refractivity contribution in [1.29, 1.82) is 0 Å². The van der Waals surface area contributed by atoms with Gasteiger partial charge in [0.25, 0.3) is 10.0 Å². The molecule has 3 rings (SSSR count). The van der Waals surface area contributed by atoms with Gasteiger partial charge in [-0.05, 0) is 36.4 Å². The van der Waals surface area contributed by atoms with Gasteiger partial charge >= 0.3 is 0 Å². The van der Waals surface area contributed by atoms with Gasteiger partial charge in [-0.1, -0.05) is 23.7 Å². The molecule has 0 bridgehead atoms. The van der Waals surface area contributed by atoms with Crippen LogP contribution < -0.4 is 4.72 Å². The highest BCUT2D eigenvalue weighted by molar-refractivity contribution is 7.92. The lowest BCUT2D eigenvalue weighted by molar-refractivity contribution is 0.188. The molecule has 2 aromatic carbocycles. The molecule has 1 N–H and O–H groups in total. The fourth-order valence-corrected chi connectivity index (χ4v) is 4.09. The van der Waals surface area contributed by atoms with E-state index in [1.54, 1.807) is 37.4 Å². The Balaban J connectivity index is 1.89. The van der Waals surface area contributed by atoms with Crippen molar-refractivity contribution in [2.24, 2.45) is 0 Å². The highest BCUT2D eigenvalue weighted by Gasteiger charge is 2.17. The number of nitrogens with one attached hydrogen (secondary N) is 1. The van der Waals surface area contributed by atoms with E-state index >= 15 is 0 Å². The SMILES string of the molecule is COCCn1ccc2cc(NS(=O)(=O)c3ccccc3Cl)ccc21. The van der Waals surface area contributed by atoms with Gasteiger partial charge in [0.05, 0.1) is 11.6 Å². The highest BCUT2D eigenvalue weighted by atomic mass is 35.5. The first-order chi connectivity index (χ1) is 11.5. The summed E-state index contributed by atoms with van der Waals surface area (Å²) in [5, 5.41) is 1.14. The predicted octanol–water partition coefficient (Wildman–Crippen LogP) is 3.74. The lowest BCUT2D eigenvalue weighted by Gasteiger charge is -2.10. The van der Waals surface area contributed by atoms with E-state index in [9.17, 15) is 8.42 Å². The Morgan fingerprint density at radius 3 is 2.71 bits per heavy atom. The molecule has 24 heavy (non-hydrogen) atoms. The van der Waals surface area contributed by atoms with Gasteiger partial charge in [-0.3, -0.25) is 4.72 Å². The number of aromatic nitrogens is 1. The van der Waals surface area contributed by atoms with Gasteiger partial charge in [-0.25, -0.2) is 8.42 Å². The van der Waals surface area contributed by atoms with E-state index in [0.29, 0.717) is 12.3 Å². The van der Waals surface area contributed by atoms with Crippen molar-refractivity contribution in [3.63, 3.8) is 0 Å². The Kier molecular flexibility index (Phi) is 4.80. The van der Waals surface area contributed by atoms with Crippen molar-refractivity contribution < 1.29 is 13.2 Å². The van der Waals surface area contributed by atoms with Crippen molar-refractivity contribution in [3.8, 4) is 0 Å². The number of sulfonamides is 1. The number of hydrogen-bond donors (Lipinski definition) is 1. The molecule has 1 aromatic heterocycles. The summed E-state index contributed by atoms with van der Waals surface area (Å²) in [4.78, 5) is 0.0597. The topological polar surface area (TPSA) is 60.3 Å². The van der Waals surface area contributed by atoms with Gasteiger partial charge in [0.2, 0.25) is 0 Å². The van der Waals surface area contributed by atoms with Crippen LogP contribution in [0.2, 0.25) is 5.02 Å². The Morgan fingerprint density at radius 2 is 1.96 bits per heavy atom. The number of methoxy groups -OCH3 is 1. The molecule has 0 aliphatic rings. The number of ether oxygens (including phenoxy) is 1. The molecule has 5 nitrogen and oxygen atoms in total. The molecule has 0 amide bonds. The molecule has 0 atom stereocenters.